The van der Waals surface area contributed by atoms with Gasteiger partial charge in [-0.25, -0.2) is 9.79 Å². The number of thioether (sulfide) groups is 1. The first-order valence-corrected chi connectivity index (χ1v) is 7.98. The van der Waals surface area contributed by atoms with Gasteiger partial charge in [0.2, 0.25) is 0 Å². The van der Waals surface area contributed by atoms with Crippen molar-refractivity contribution in [2.45, 2.75) is 26.8 Å². The molecule has 22 heavy (non-hydrogen) atoms. The van der Waals surface area contributed by atoms with Gasteiger partial charge in [0.25, 0.3) is 0 Å². The number of carbonyl (C=O) groups excluding carboxylic acids is 1. The zero-order valence-electron chi connectivity index (χ0n) is 13.1. The van der Waals surface area contributed by atoms with Gasteiger partial charge in [-0.2, -0.15) is 0 Å². The van der Waals surface area contributed by atoms with Gasteiger partial charge in [0.1, 0.15) is 0 Å². The molecule has 0 N–H and O–H groups in total. The molecule has 0 aromatic heterocycles. The molecule has 2 heterocycles. The van der Waals surface area contributed by atoms with Gasteiger partial charge in [-0.3, -0.25) is 0 Å². The van der Waals surface area contributed by atoms with Crippen molar-refractivity contribution < 1.29 is 9.53 Å². The van der Waals surface area contributed by atoms with Crippen LogP contribution in [0.5, 0.6) is 0 Å². The summed E-state index contributed by atoms with van der Waals surface area (Å²) in [5.74, 6) is -0.324. The number of methoxy groups -OCH3 is 1. The first kappa shape index (κ1) is 14.9. The second kappa shape index (κ2) is 5.65. The van der Waals surface area contributed by atoms with Gasteiger partial charge < -0.3 is 9.64 Å². The molecule has 2 aliphatic heterocycles. The van der Waals surface area contributed by atoms with E-state index >= 15 is 0 Å². The van der Waals surface area contributed by atoms with Gasteiger partial charge in [0.15, 0.2) is 5.17 Å². The average molecular weight is 314 g/mol. The summed E-state index contributed by atoms with van der Waals surface area (Å²) in [4.78, 5) is 19.0. The Hall–Kier alpha value is -2.01. The molecule has 0 radical (unpaired) electrons. The summed E-state index contributed by atoms with van der Waals surface area (Å²) in [6, 6.07) is 8.07. The van der Waals surface area contributed by atoms with E-state index < -0.39 is 0 Å². The maximum absolute atomic E-state index is 12.3. The highest BCUT2D eigenvalue weighted by molar-refractivity contribution is 8.16. The van der Waals surface area contributed by atoms with Crippen LogP contribution in [0.15, 0.2) is 51.6 Å². The minimum Gasteiger partial charge on any atom is -0.466 e. The molecule has 0 aliphatic carbocycles. The average Bonchev–Trinajstić information content (AvgIpc) is 2.87. The van der Waals surface area contributed by atoms with Crippen molar-refractivity contribution >= 4 is 22.9 Å². The molecule has 3 rings (SSSR count). The number of rotatable bonds is 2. The van der Waals surface area contributed by atoms with Crippen LogP contribution in [0.2, 0.25) is 0 Å². The standard InChI is InChI=1S/C17H18N2O2S/c1-10-5-7-13(8-6-10)15-14(16(20)21-4)12(3)18-17-19(15)11(2)9-22-17/h5-9,15H,1-4H3/t15-/m0/s1. The highest BCUT2D eigenvalue weighted by Crippen LogP contribution is 2.43. The number of carbonyl (C=O) groups is 1. The Kier molecular flexibility index (Phi) is 3.83. The number of amidine groups is 1. The van der Waals surface area contributed by atoms with Gasteiger partial charge in [-0.05, 0) is 31.7 Å². The molecular formula is C17H18N2O2S. The van der Waals surface area contributed by atoms with Crippen molar-refractivity contribution in [1.82, 2.24) is 4.90 Å². The first-order chi connectivity index (χ1) is 10.5. The fraction of sp³-hybridized carbons (Fsp3) is 0.294. The van der Waals surface area contributed by atoms with E-state index in [-0.39, 0.29) is 12.0 Å². The van der Waals surface area contributed by atoms with Crippen LogP contribution in [0.1, 0.15) is 31.0 Å². The molecule has 0 spiro atoms. The van der Waals surface area contributed by atoms with E-state index in [4.69, 9.17) is 4.74 Å². The van der Waals surface area contributed by atoms with Gasteiger partial charge >= 0.3 is 5.97 Å². The van der Waals surface area contributed by atoms with Gasteiger partial charge in [-0.15, -0.1) is 0 Å². The molecule has 1 atom stereocenters. The fourth-order valence-electron chi connectivity index (χ4n) is 2.76. The third kappa shape index (κ3) is 2.35. The van der Waals surface area contributed by atoms with Gasteiger partial charge in [0.05, 0.1) is 24.4 Å². The summed E-state index contributed by atoms with van der Waals surface area (Å²) in [5, 5.41) is 2.97. The Balaban J connectivity index is 2.16. The molecule has 0 bridgehead atoms. The maximum Gasteiger partial charge on any atom is 0.338 e. The second-order valence-electron chi connectivity index (χ2n) is 5.45. The van der Waals surface area contributed by atoms with Crippen LogP contribution in [0.3, 0.4) is 0 Å². The predicted octanol–water partition coefficient (Wildman–Crippen LogP) is 3.76. The van der Waals surface area contributed by atoms with Crippen LogP contribution < -0.4 is 0 Å². The van der Waals surface area contributed by atoms with Crippen molar-refractivity contribution in [2.75, 3.05) is 7.11 Å². The van der Waals surface area contributed by atoms with Crippen molar-refractivity contribution in [2.24, 2.45) is 4.99 Å². The minimum absolute atomic E-state index is 0.188. The molecular weight excluding hydrogens is 296 g/mol. The number of hydrogen-bond donors (Lipinski definition) is 0. The van der Waals surface area contributed by atoms with E-state index in [2.05, 4.69) is 46.5 Å². The van der Waals surface area contributed by atoms with Crippen molar-refractivity contribution in [3.63, 3.8) is 0 Å². The van der Waals surface area contributed by atoms with Gasteiger partial charge in [-0.1, -0.05) is 41.6 Å². The highest BCUT2D eigenvalue weighted by Gasteiger charge is 2.39. The molecule has 0 saturated heterocycles. The topological polar surface area (TPSA) is 41.9 Å². The number of hydrogen-bond acceptors (Lipinski definition) is 5. The second-order valence-corrected chi connectivity index (χ2v) is 6.28. The number of nitrogens with zero attached hydrogens (tertiary/aromatic N) is 2. The Morgan fingerprint density at radius 1 is 1.23 bits per heavy atom. The number of benzene rings is 1. The lowest BCUT2D eigenvalue weighted by Crippen LogP contribution is -2.35. The first-order valence-electron chi connectivity index (χ1n) is 7.10. The zero-order valence-corrected chi connectivity index (χ0v) is 13.9. The third-order valence-corrected chi connectivity index (χ3v) is 4.86. The monoisotopic (exact) mass is 314 g/mol. The zero-order chi connectivity index (χ0) is 15.9. The number of aryl methyl sites for hydroxylation is 1. The van der Waals surface area contributed by atoms with E-state index in [9.17, 15) is 4.79 Å². The van der Waals surface area contributed by atoms with E-state index in [1.807, 2.05) is 13.8 Å². The number of aliphatic imine (C=N–C) groups is 1. The molecule has 0 fully saturated rings. The van der Waals surface area contributed by atoms with Crippen LogP contribution in [-0.4, -0.2) is 23.1 Å². The van der Waals surface area contributed by atoms with Crippen LogP contribution >= 0.6 is 11.8 Å². The lowest BCUT2D eigenvalue weighted by molar-refractivity contribution is -0.136. The van der Waals surface area contributed by atoms with Crippen LogP contribution in [0.4, 0.5) is 0 Å². The summed E-state index contributed by atoms with van der Waals surface area (Å²) >= 11 is 1.59. The number of ether oxygens (including phenoxy) is 1. The molecule has 1 aromatic carbocycles. The molecule has 0 saturated carbocycles. The van der Waals surface area contributed by atoms with E-state index in [0.717, 1.165) is 22.1 Å². The van der Waals surface area contributed by atoms with E-state index in [1.165, 1.54) is 12.7 Å². The Labute approximate surface area is 134 Å². The third-order valence-electron chi connectivity index (χ3n) is 3.90. The van der Waals surface area contributed by atoms with Crippen LogP contribution in [0.25, 0.3) is 0 Å². The van der Waals surface area contributed by atoms with Crippen LogP contribution in [-0.2, 0) is 9.53 Å². The van der Waals surface area contributed by atoms with Crippen molar-refractivity contribution in [1.29, 1.82) is 0 Å². The van der Waals surface area contributed by atoms with E-state index in [0.29, 0.717) is 5.57 Å². The highest BCUT2D eigenvalue weighted by atomic mass is 32.2. The molecule has 1 aromatic rings. The minimum atomic E-state index is -0.324. The summed E-state index contributed by atoms with van der Waals surface area (Å²) < 4.78 is 5.00. The molecule has 114 valence electrons. The van der Waals surface area contributed by atoms with E-state index in [1.54, 1.807) is 11.8 Å². The number of allylic oxidation sites excluding steroid dienone is 2. The fourth-order valence-corrected chi connectivity index (χ4v) is 3.70. The smallest absolute Gasteiger partial charge is 0.338 e. The largest absolute Gasteiger partial charge is 0.466 e. The summed E-state index contributed by atoms with van der Waals surface area (Å²) in [7, 11) is 1.41. The number of fused-ring (bicyclic) bond motifs is 1. The Bertz CT molecular complexity index is 717. The quantitative estimate of drug-likeness (QED) is 0.779. The summed E-state index contributed by atoms with van der Waals surface area (Å²) in [5.41, 5.74) is 4.66. The molecule has 5 heteroatoms. The summed E-state index contributed by atoms with van der Waals surface area (Å²) in [6.45, 7) is 5.95. The SMILES string of the molecule is COC(=O)C1=C(C)N=C2SC=C(C)N2[C@H]1c1ccc(C)cc1. The predicted molar refractivity (Wildman–Crippen MR) is 89.3 cm³/mol. The van der Waals surface area contributed by atoms with Crippen LogP contribution in [0, 0.1) is 6.92 Å². The van der Waals surface area contributed by atoms with Gasteiger partial charge in [0, 0.05) is 5.70 Å². The lowest BCUT2D eigenvalue weighted by Gasteiger charge is -2.35. The van der Waals surface area contributed by atoms with Crippen molar-refractivity contribution in [3.8, 4) is 0 Å². The Morgan fingerprint density at radius 2 is 1.91 bits per heavy atom. The molecule has 0 unspecified atom stereocenters. The maximum atomic E-state index is 12.3. The molecule has 4 nitrogen and oxygen atoms in total. The normalized spacial score (nSPS) is 20.5. The Morgan fingerprint density at radius 3 is 2.55 bits per heavy atom. The summed E-state index contributed by atoms with van der Waals surface area (Å²) in [6.07, 6.45) is 0. The lowest BCUT2D eigenvalue weighted by atomic mass is 9.93. The molecule has 2 aliphatic rings. The molecule has 0 amide bonds. The van der Waals surface area contributed by atoms with Crippen molar-refractivity contribution in [3.05, 3.63) is 57.8 Å². The number of esters is 1.